The summed E-state index contributed by atoms with van der Waals surface area (Å²) in [6.45, 7) is 3.13. The second-order valence-corrected chi connectivity index (χ2v) is 3.12. The number of hydrogen-bond donors (Lipinski definition) is 1. The van der Waals surface area contributed by atoms with Crippen molar-refractivity contribution in [2.24, 2.45) is 0 Å². The summed E-state index contributed by atoms with van der Waals surface area (Å²) < 4.78 is 11.9. The lowest BCUT2D eigenvalue weighted by molar-refractivity contribution is 0.104. The molecule has 1 atom stereocenters. The number of hydrogen-bond acceptors (Lipinski definition) is 2. The lowest BCUT2D eigenvalue weighted by Gasteiger charge is -2.18. The van der Waals surface area contributed by atoms with Crippen LogP contribution in [0.25, 0.3) is 0 Å². The molecule has 1 rings (SSSR count). The number of β-amino-alcohol motifs (C(OH)–C–C–N with tert-alkyl or cyclic N) is 1. The zero-order valence-corrected chi connectivity index (χ0v) is 7.74. The summed E-state index contributed by atoms with van der Waals surface area (Å²) in [6.07, 6.45) is -1.04. The number of carbonyl (C=O) groups excluding carboxylic acids is 1. The van der Waals surface area contributed by atoms with Crippen molar-refractivity contribution in [2.45, 2.75) is 13.0 Å². The first kappa shape index (κ1) is 10.2. The van der Waals surface area contributed by atoms with Crippen molar-refractivity contribution >= 4 is 6.03 Å². The normalized spacial score (nSPS) is 19.8. The first-order valence-corrected chi connectivity index (χ1v) is 4.47. The van der Waals surface area contributed by atoms with Crippen LogP contribution in [0.3, 0.4) is 0 Å². The van der Waals surface area contributed by atoms with Crippen molar-refractivity contribution in [3.8, 4) is 0 Å². The zero-order valence-electron chi connectivity index (χ0n) is 7.74. The van der Waals surface area contributed by atoms with E-state index in [2.05, 4.69) is 0 Å². The Morgan fingerprint density at radius 2 is 2.15 bits per heavy atom. The Hall–Kier alpha value is -0.840. The van der Waals surface area contributed by atoms with Gasteiger partial charge in [-0.25, -0.2) is 9.18 Å². The summed E-state index contributed by atoms with van der Waals surface area (Å²) in [6, 6.07) is -0.102. The molecular weight excluding hydrogens is 175 g/mol. The highest BCUT2D eigenvalue weighted by Crippen LogP contribution is 2.08. The molecule has 0 radical (unpaired) electrons. The molecule has 13 heavy (non-hydrogen) atoms. The fourth-order valence-corrected chi connectivity index (χ4v) is 1.40. The number of aliphatic hydroxyl groups is 1. The Morgan fingerprint density at radius 3 is 2.62 bits per heavy atom. The third-order valence-corrected chi connectivity index (χ3v) is 2.17. The van der Waals surface area contributed by atoms with Gasteiger partial charge in [-0.15, -0.1) is 0 Å². The molecule has 1 unspecified atom stereocenters. The van der Waals surface area contributed by atoms with Gasteiger partial charge < -0.3 is 14.9 Å². The maximum Gasteiger partial charge on any atom is 0.320 e. The summed E-state index contributed by atoms with van der Waals surface area (Å²) in [5, 5.41) is 9.01. The number of halogens is 1. The number of rotatable bonds is 4. The maximum absolute atomic E-state index is 11.9. The van der Waals surface area contributed by atoms with E-state index in [4.69, 9.17) is 5.11 Å². The minimum Gasteiger partial charge on any atom is -0.389 e. The summed E-state index contributed by atoms with van der Waals surface area (Å²) in [5.74, 6) is 0. The Labute approximate surface area is 76.9 Å². The summed E-state index contributed by atoms with van der Waals surface area (Å²) in [7, 11) is 0. The predicted molar refractivity (Wildman–Crippen MR) is 46.2 cm³/mol. The average Bonchev–Trinajstić information content (AvgIpc) is 2.48. The van der Waals surface area contributed by atoms with E-state index in [0.29, 0.717) is 19.6 Å². The van der Waals surface area contributed by atoms with Crippen molar-refractivity contribution in [3.05, 3.63) is 0 Å². The molecule has 0 aromatic rings. The fraction of sp³-hybridized carbons (Fsp3) is 0.875. The zero-order chi connectivity index (χ0) is 9.84. The third kappa shape index (κ3) is 2.30. The number of carbonyl (C=O) groups is 1. The van der Waals surface area contributed by atoms with Crippen molar-refractivity contribution in [1.82, 2.24) is 9.80 Å². The van der Waals surface area contributed by atoms with E-state index in [1.165, 1.54) is 4.90 Å². The van der Waals surface area contributed by atoms with Crippen molar-refractivity contribution in [1.29, 1.82) is 0 Å². The number of amides is 2. The van der Waals surface area contributed by atoms with Gasteiger partial charge in [0.05, 0.1) is 12.6 Å². The van der Waals surface area contributed by atoms with Gasteiger partial charge in [0, 0.05) is 19.6 Å². The van der Waals surface area contributed by atoms with Crippen LogP contribution in [0.5, 0.6) is 0 Å². The first-order valence-electron chi connectivity index (χ1n) is 4.47. The minimum absolute atomic E-state index is 0.102. The Kier molecular flexibility index (Phi) is 3.48. The van der Waals surface area contributed by atoms with E-state index in [9.17, 15) is 9.18 Å². The standard InChI is InChI=1S/C8H15FN2O2/c1-2-10-3-4-11(8(10)13)6-7(12)5-9/h7,12H,2-6H2,1H3. The van der Waals surface area contributed by atoms with E-state index in [1.54, 1.807) is 4.90 Å². The smallest absolute Gasteiger partial charge is 0.320 e. The fourth-order valence-electron chi connectivity index (χ4n) is 1.40. The van der Waals surface area contributed by atoms with Crippen molar-refractivity contribution < 1.29 is 14.3 Å². The quantitative estimate of drug-likeness (QED) is 0.682. The van der Waals surface area contributed by atoms with Crippen LogP contribution in [0.15, 0.2) is 0 Å². The van der Waals surface area contributed by atoms with E-state index >= 15 is 0 Å². The summed E-state index contributed by atoms with van der Waals surface area (Å²) in [4.78, 5) is 14.6. The van der Waals surface area contributed by atoms with Crippen LogP contribution in [0.4, 0.5) is 9.18 Å². The van der Waals surface area contributed by atoms with E-state index in [0.717, 1.165) is 0 Å². The van der Waals surface area contributed by atoms with Gasteiger partial charge in [0.1, 0.15) is 6.67 Å². The minimum atomic E-state index is -1.04. The second-order valence-electron chi connectivity index (χ2n) is 3.12. The molecule has 0 aromatic carbocycles. The molecule has 0 spiro atoms. The number of likely N-dealkylation sites (N-methyl/N-ethyl adjacent to an activating group) is 1. The number of aliphatic hydroxyl groups excluding tert-OH is 1. The first-order chi connectivity index (χ1) is 6.19. The predicted octanol–water partition coefficient (Wildman–Crippen LogP) is 0.0743. The molecule has 4 nitrogen and oxygen atoms in total. The molecule has 1 saturated heterocycles. The molecule has 1 aliphatic rings. The molecule has 0 bridgehead atoms. The maximum atomic E-state index is 11.9. The molecule has 1 N–H and O–H groups in total. The molecule has 2 amide bonds. The molecule has 1 aliphatic heterocycles. The molecule has 1 heterocycles. The lowest BCUT2D eigenvalue weighted by atomic mass is 10.3. The van der Waals surface area contributed by atoms with Gasteiger partial charge in [0.2, 0.25) is 0 Å². The average molecular weight is 190 g/mol. The van der Waals surface area contributed by atoms with Crippen LogP contribution < -0.4 is 0 Å². The number of nitrogens with zero attached hydrogens (tertiary/aromatic N) is 2. The Morgan fingerprint density at radius 1 is 1.54 bits per heavy atom. The highest BCUT2D eigenvalue weighted by molar-refractivity contribution is 5.76. The van der Waals surface area contributed by atoms with E-state index in [-0.39, 0.29) is 12.6 Å². The van der Waals surface area contributed by atoms with Gasteiger partial charge in [0.25, 0.3) is 0 Å². The topological polar surface area (TPSA) is 43.8 Å². The Balaban J connectivity index is 2.41. The van der Waals surface area contributed by atoms with Crippen molar-refractivity contribution in [2.75, 3.05) is 32.9 Å². The summed E-state index contributed by atoms with van der Waals surface area (Å²) >= 11 is 0. The van der Waals surface area contributed by atoms with Crippen LogP contribution in [-0.2, 0) is 0 Å². The SMILES string of the molecule is CCN1CCN(CC(O)CF)C1=O. The van der Waals surface area contributed by atoms with Gasteiger partial charge in [-0.2, -0.15) is 0 Å². The van der Waals surface area contributed by atoms with Gasteiger partial charge in [-0.1, -0.05) is 0 Å². The largest absolute Gasteiger partial charge is 0.389 e. The van der Waals surface area contributed by atoms with Crippen molar-refractivity contribution in [3.63, 3.8) is 0 Å². The highest BCUT2D eigenvalue weighted by atomic mass is 19.1. The molecule has 0 saturated carbocycles. The monoisotopic (exact) mass is 190 g/mol. The molecule has 5 heteroatoms. The Bertz CT molecular complexity index is 189. The molecule has 76 valence electrons. The third-order valence-electron chi connectivity index (χ3n) is 2.17. The summed E-state index contributed by atoms with van der Waals surface area (Å²) in [5.41, 5.74) is 0. The molecular formula is C8H15FN2O2. The molecule has 1 fully saturated rings. The van der Waals surface area contributed by atoms with Crippen LogP contribution in [0.1, 0.15) is 6.92 Å². The van der Waals surface area contributed by atoms with Crippen LogP contribution in [0.2, 0.25) is 0 Å². The van der Waals surface area contributed by atoms with Crippen LogP contribution in [0, 0.1) is 0 Å². The molecule has 0 aliphatic carbocycles. The molecule has 0 aromatic heterocycles. The van der Waals surface area contributed by atoms with Crippen LogP contribution in [-0.4, -0.2) is 59.9 Å². The highest BCUT2D eigenvalue weighted by Gasteiger charge is 2.28. The number of urea groups is 1. The second kappa shape index (κ2) is 4.41. The van der Waals surface area contributed by atoms with Gasteiger partial charge in [0.15, 0.2) is 0 Å². The van der Waals surface area contributed by atoms with Crippen LogP contribution >= 0.6 is 0 Å². The van der Waals surface area contributed by atoms with Gasteiger partial charge in [-0.05, 0) is 6.92 Å². The number of alkyl halides is 1. The van der Waals surface area contributed by atoms with E-state index < -0.39 is 12.8 Å². The van der Waals surface area contributed by atoms with E-state index in [1.807, 2.05) is 6.92 Å². The van der Waals surface area contributed by atoms with Gasteiger partial charge in [-0.3, -0.25) is 0 Å². The lowest BCUT2D eigenvalue weighted by Crippen LogP contribution is -2.37. The van der Waals surface area contributed by atoms with Gasteiger partial charge >= 0.3 is 6.03 Å².